The van der Waals surface area contributed by atoms with Crippen LogP contribution in [-0.2, 0) is 10.0 Å². The minimum Gasteiger partial charge on any atom is -0.507 e. The lowest BCUT2D eigenvalue weighted by Gasteiger charge is -2.34. The van der Waals surface area contributed by atoms with Crippen molar-refractivity contribution in [1.82, 2.24) is 9.21 Å². The van der Waals surface area contributed by atoms with Crippen LogP contribution in [-0.4, -0.2) is 69.0 Å². The molecule has 0 aliphatic carbocycles. The summed E-state index contributed by atoms with van der Waals surface area (Å²) >= 11 is 0. The summed E-state index contributed by atoms with van der Waals surface area (Å²) in [4.78, 5) is 14.2. The lowest BCUT2D eigenvalue weighted by atomic mass is 10.1. The van der Waals surface area contributed by atoms with Gasteiger partial charge < -0.3 is 19.5 Å². The number of sulfonamides is 1. The van der Waals surface area contributed by atoms with Gasteiger partial charge in [-0.3, -0.25) is 4.79 Å². The molecule has 3 rings (SSSR count). The summed E-state index contributed by atoms with van der Waals surface area (Å²) in [5, 5.41) is 9.86. The first kappa shape index (κ1) is 20.0. The molecule has 150 valence electrons. The van der Waals surface area contributed by atoms with Crippen molar-refractivity contribution in [3.8, 4) is 17.2 Å². The summed E-state index contributed by atoms with van der Waals surface area (Å²) in [6.45, 7) is 0.797. The number of rotatable bonds is 5. The van der Waals surface area contributed by atoms with Gasteiger partial charge in [-0.25, -0.2) is 8.42 Å². The number of hydrogen-bond acceptors (Lipinski definition) is 6. The first-order chi connectivity index (χ1) is 13.4. The highest BCUT2D eigenvalue weighted by Gasteiger charge is 2.31. The molecule has 0 atom stereocenters. The molecule has 1 N–H and O–H groups in total. The Hall–Kier alpha value is -2.78. The third-order valence-corrected chi connectivity index (χ3v) is 6.55. The van der Waals surface area contributed by atoms with Crippen LogP contribution < -0.4 is 9.47 Å². The van der Waals surface area contributed by atoms with Crippen molar-refractivity contribution in [2.45, 2.75) is 4.90 Å². The van der Waals surface area contributed by atoms with Crippen LogP contribution in [0.5, 0.6) is 17.2 Å². The molecule has 1 fully saturated rings. The molecule has 0 spiro atoms. The van der Waals surface area contributed by atoms with E-state index in [1.54, 1.807) is 24.3 Å². The van der Waals surface area contributed by atoms with E-state index in [2.05, 4.69) is 0 Å². The molecule has 0 unspecified atom stereocenters. The molecule has 9 heteroatoms. The molecule has 0 bridgehead atoms. The second-order valence-corrected chi connectivity index (χ2v) is 8.17. The van der Waals surface area contributed by atoms with Gasteiger partial charge in [-0.15, -0.1) is 0 Å². The van der Waals surface area contributed by atoms with Crippen LogP contribution in [0.4, 0.5) is 0 Å². The van der Waals surface area contributed by atoms with E-state index < -0.39 is 10.0 Å². The van der Waals surface area contributed by atoms with Gasteiger partial charge in [0.25, 0.3) is 5.91 Å². The number of amides is 1. The number of benzene rings is 2. The maximum absolute atomic E-state index is 12.9. The SMILES string of the molecule is COc1ccc(S(=O)(=O)N2CCN(C(=O)c3ccccc3O)CC2)cc1OC. The Morgan fingerprint density at radius 1 is 0.964 bits per heavy atom. The Kier molecular flexibility index (Phi) is 5.76. The van der Waals surface area contributed by atoms with Gasteiger partial charge in [-0.2, -0.15) is 4.31 Å². The van der Waals surface area contributed by atoms with Gasteiger partial charge in [-0.05, 0) is 24.3 Å². The van der Waals surface area contributed by atoms with E-state index in [4.69, 9.17) is 9.47 Å². The average molecular weight is 406 g/mol. The smallest absolute Gasteiger partial charge is 0.257 e. The Bertz CT molecular complexity index is 968. The van der Waals surface area contributed by atoms with E-state index in [1.807, 2.05) is 0 Å². The van der Waals surface area contributed by atoms with Crippen LogP contribution >= 0.6 is 0 Å². The molecule has 0 radical (unpaired) electrons. The number of carbonyl (C=O) groups is 1. The van der Waals surface area contributed by atoms with Gasteiger partial charge in [0, 0.05) is 32.2 Å². The van der Waals surface area contributed by atoms with Crippen molar-refractivity contribution in [2.24, 2.45) is 0 Å². The number of hydrogen-bond donors (Lipinski definition) is 1. The third-order valence-electron chi connectivity index (χ3n) is 4.65. The van der Waals surface area contributed by atoms with Crippen LogP contribution in [0.25, 0.3) is 0 Å². The summed E-state index contributed by atoms with van der Waals surface area (Å²) in [5.74, 6) is 0.366. The van der Waals surface area contributed by atoms with E-state index in [0.29, 0.717) is 11.5 Å². The number of nitrogens with zero attached hydrogens (tertiary/aromatic N) is 2. The summed E-state index contributed by atoms with van der Waals surface area (Å²) < 4.78 is 37.5. The monoisotopic (exact) mass is 406 g/mol. The highest BCUT2D eigenvalue weighted by molar-refractivity contribution is 7.89. The first-order valence-electron chi connectivity index (χ1n) is 8.68. The van der Waals surface area contributed by atoms with E-state index in [9.17, 15) is 18.3 Å². The summed E-state index contributed by atoms with van der Waals surface area (Å²) in [7, 11) is -0.810. The fourth-order valence-electron chi connectivity index (χ4n) is 3.08. The highest BCUT2D eigenvalue weighted by Crippen LogP contribution is 2.31. The summed E-state index contributed by atoms with van der Waals surface area (Å²) in [6, 6.07) is 10.7. The Morgan fingerprint density at radius 2 is 1.61 bits per heavy atom. The molecule has 1 saturated heterocycles. The van der Waals surface area contributed by atoms with Gasteiger partial charge in [0.15, 0.2) is 11.5 Å². The van der Waals surface area contributed by atoms with Crippen LogP contribution in [0.15, 0.2) is 47.4 Å². The lowest BCUT2D eigenvalue weighted by Crippen LogP contribution is -2.50. The molecular formula is C19H22N2O6S. The van der Waals surface area contributed by atoms with Gasteiger partial charge in [0.2, 0.25) is 10.0 Å². The molecule has 28 heavy (non-hydrogen) atoms. The van der Waals surface area contributed by atoms with Crippen LogP contribution in [0, 0.1) is 0 Å². The van der Waals surface area contributed by atoms with E-state index in [-0.39, 0.29) is 48.3 Å². The van der Waals surface area contributed by atoms with Gasteiger partial charge in [0.05, 0.1) is 24.7 Å². The first-order valence-corrected chi connectivity index (χ1v) is 10.1. The fraction of sp³-hybridized carbons (Fsp3) is 0.316. The molecular weight excluding hydrogens is 384 g/mol. The molecule has 1 aliphatic heterocycles. The Labute approximate surface area is 164 Å². The van der Waals surface area contributed by atoms with Gasteiger partial charge in [0.1, 0.15) is 5.75 Å². The average Bonchev–Trinajstić information content (AvgIpc) is 2.73. The van der Waals surface area contributed by atoms with E-state index in [0.717, 1.165) is 0 Å². The normalized spacial score (nSPS) is 15.3. The van der Waals surface area contributed by atoms with Gasteiger partial charge >= 0.3 is 0 Å². The van der Waals surface area contributed by atoms with Crippen molar-refractivity contribution < 1.29 is 27.8 Å². The molecule has 0 aromatic heterocycles. The maximum Gasteiger partial charge on any atom is 0.257 e. The quantitative estimate of drug-likeness (QED) is 0.810. The zero-order valence-corrected chi connectivity index (χ0v) is 16.5. The predicted molar refractivity (Wildman–Crippen MR) is 102 cm³/mol. The number of aromatic hydroxyl groups is 1. The largest absolute Gasteiger partial charge is 0.507 e. The number of para-hydroxylation sites is 1. The highest BCUT2D eigenvalue weighted by atomic mass is 32.2. The molecule has 2 aromatic carbocycles. The molecule has 2 aromatic rings. The number of carbonyl (C=O) groups excluding carboxylic acids is 1. The topological polar surface area (TPSA) is 96.4 Å². The third kappa shape index (κ3) is 3.76. The molecule has 1 heterocycles. The number of methoxy groups -OCH3 is 2. The molecule has 1 amide bonds. The predicted octanol–water partition coefficient (Wildman–Crippen LogP) is 1.56. The Balaban J connectivity index is 1.74. The van der Waals surface area contributed by atoms with Gasteiger partial charge in [-0.1, -0.05) is 12.1 Å². The number of phenolic OH excluding ortho intramolecular Hbond substituents is 1. The second kappa shape index (κ2) is 8.07. The van der Waals surface area contributed by atoms with Crippen LogP contribution in [0.1, 0.15) is 10.4 Å². The summed E-state index contributed by atoms with van der Waals surface area (Å²) in [6.07, 6.45) is 0. The van der Waals surface area contributed by atoms with E-state index in [1.165, 1.54) is 41.6 Å². The number of ether oxygens (including phenoxy) is 2. The van der Waals surface area contributed by atoms with E-state index >= 15 is 0 Å². The zero-order valence-electron chi connectivity index (χ0n) is 15.7. The fourth-order valence-corrected chi connectivity index (χ4v) is 4.52. The molecule has 1 aliphatic rings. The van der Waals surface area contributed by atoms with Crippen molar-refractivity contribution in [3.05, 3.63) is 48.0 Å². The minimum atomic E-state index is -3.73. The zero-order chi connectivity index (χ0) is 20.3. The minimum absolute atomic E-state index is 0.0899. The molecule has 8 nitrogen and oxygen atoms in total. The Morgan fingerprint density at radius 3 is 2.21 bits per heavy atom. The van der Waals surface area contributed by atoms with Crippen molar-refractivity contribution >= 4 is 15.9 Å². The summed E-state index contributed by atoms with van der Waals surface area (Å²) in [5.41, 5.74) is 0.207. The number of piperazine rings is 1. The van der Waals surface area contributed by atoms with Crippen molar-refractivity contribution in [1.29, 1.82) is 0 Å². The van der Waals surface area contributed by atoms with Crippen molar-refractivity contribution in [2.75, 3.05) is 40.4 Å². The molecule has 0 saturated carbocycles. The standard InChI is InChI=1S/C19H22N2O6S/c1-26-17-8-7-14(13-18(17)27-2)28(24,25)21-11-9-20(10-12-21)19(23)15-5-3-4-6-16(15)22/h3-8,13,22H,9-12H2,1-2H3. The maximum atomic E-state index is 12.9. The second-order valence-electron chi connectivity index (χ2n) is 6.23. The lowest BCUT2D eigenvalue weighted by molar-refractivity contribution is 0.0695. The number of phenols is 1. The van der Waals surface area contributed by atoms with Crippen LogP contribution in [0.2, 0.25) is 0 Å². The van der Waals surface area contributed by atoms with Crippen molar-refractivity contribution in [3.63, 3.8) is 0 Å². The van der Waals surface area contributed by atoms with Crippen LogP contribution in [0.3, 0.4) is 0 Å².